The number of pyridine rings is 1. The molecule has 7 heteroatoms. The van der Waals surface area contributed by atoms with Crippen LogP contribution in [0.25, 0.3) is 0 Å². The Bertz CT molecular complexity index is 681. The number of carbonyl (C=O) groups excluding carboxylic acids is 1. The molecule has 0 aliphatic carbocycles. The molecule has 0 atom stereocenters. The number of benzene rings is 1. The van der Waals surface area contributed by atoms with Gasteiger partial charge in [0.15, 0.2) is 11.5 Å². The van der Waals surface area contributed by atoms with Gasteiger partial charge in [0.05, 0.1) is 39.6 Å². The largest absolute Gasteiger partial charge is 0.493 e. The van der Waals surface area contributed by atoms with Crippen molar-refractivity contribution in [3.8, 4) is 17.2 Å². The molecule has 2 rings (SSSR count). The van der Waals surface area contributed by atoms with Crippen LogP contribution in [0.2, 0.25) is 0 Å². The van der Waals surface area contributed by atoms with Gasteiger partial charge in [-0.25, -0.2) is 0 Å². The number of nitrogens with zero attached hydrogens (tertiary/aromatic N) is 1. The van der Waals surface area contributed by atoms with Crippen molar-refractivity contribution in [1.82, 2.24) is 4.98 Å². The summed E-state index contributed by atoms with van der Waals surface area (Å²) < 4.78 is 16.6. The van der Waals surface area contributed by atoms with Crippen LogP contribution < -0.4 is 19.5 Å². The topological polar surface area (TPSA) is 69.7 Å². The zero-order chi connectivity index (χ0) is 16.8. The number of halogens is 1. The molecule has 0 unspecified atom stereocenters. The van der Waals surface area contributed by atoms with Crippen LogP contribution in [-0.2, 0) is 11.2 Å². The fourth-order valence-corrected chi connectivity index (χ4v) is 2.47. The smallest absolute Gasteiger partial charge is 0.228 e. The third-order valence-corrected chi connectivity index (χ3v) is 3.51. The summed E-state index contributed by atoms with van der Waals surface area (Å²) in [6.45, 7) is 0. The van der Waals surface area contributed by atoms with Gasteiger partial charge < -0.3 is 19.5 Å². The van der Waals surface area contributed by atoms with Crippen LogP contribution in [0.15, 0.2) is 35.1 Å². The molecule has 0 spiro atoms. The maximum absolute atomic E-state index is 12.2. The lowest BCUT2D eigenvalue weighted by Gasteiger charge is -2.14. The molecule has 0 radical (unpaired) electrons. The fraction of sp³-hybridized carbons (Fsp3) is 0.250. The average Bonchev–Trinajstić information content (AvgIpc) is 2.53. The van der Waals surface area contributed by atoms with Crippen LogP contribution >= 0.6 is 15.9 Å². The number of nitrogens with one attached hydrogen (secondary N) is 1. The second-order valence-corrected chi connectivity index (χ2v) is 5.57. The van der Waals surface area contributed by atoms with E-state index in [2.05, 4.69) is 26.2 Å². The molecule has 1 heterocycles. The Morgan fingerprint density at radius 3 is 2.26 bits per heavy atom. The average molecular weight is 381 g/mol. The van der Waals surface area contributed by atoms with E-state index < -0.39 is 0 Å². The highest BCUT2D eigenvalue weighted by atomic mass is 79.9. The first kappa shape index (κ1) is 17.1. The maximum atomic E-state index is 12.2. The van der Waals surface area contributed by atoms with E-state index in [1.165, 1.54) is 21.3 Å². The molecule has 23 heavy (non-hydrogen) atoms. The van der Waals surface area contributed by atoms with E-state index in [1.54, 1.807) is 30.6 Å². The third-order valence-electron chi connectivity index (χ3n) is 3.08. The van der Waals surface area contributed by atoms with E-state index in [0.717, 1.165) is 10.0 Å². The van der Waals surface area contributed by atoms with E-state index in [4.69, 9.17) is 14.2 Å². The van der Waals surface area contributed by atoms with Crippen molar-refractivity contribution in [3.63, 3.8) is 0 Å². The molecule has 1 aromatic carbocycles. The molecular formula is C16H17BrN2O4. The number of amides is 1. The number of rotatable bonds is 6. The summed E-state index contributed by atoms with van der Waals surface area (Å²) >= 11 is 3.31. The van der Waals surface area contributed by atoms with Gasteiger partial charge >= 0.3 is 0 Å². The van der Waals surface area contributed by atoms with Crippen molar-refractivity contribution < 1.29 is 19.0 Å². The van der Waals surface area contributed by atoms with Crippen molar-refractivity contribution in [2.75, 3.05) is 26.6 Å². The normalized spacial score (nSPS) is 10.1. The van der Waals surface area contributed by atoms with E-state index in [9.17, 15) is 4.79 Å². The number of carbonyl (C=O) groups is 1. The third kappa shape index (κ3) is 4.35. The van der Waals surface area contributed by atoms with Gasteiger partial charge in [0.2, 0.25) is 11.7 Å². The summed E-state index contributed by atoms with van der Waals surface area (Å²) in [5, 5.41) is 2.79. The number of hydrogen-bond donors (Lipinski definition) is 1. The Morgan fingerprint density at radius 1 is 1.09 bits per heavy atom. The van der Waals surface area contributed by atoms with Crippen molar-refractivity contribution in [2.24, 2.45) is 0 Å². The lowest BCUT2D eigenvalue weighted by atomic mass is 10.1. The van der Waals surface area contributed by atoms with Crippen LogP contribution in [0, 0.1) is 0 Å². The summed E-state index contributed by atoms with van der Waals surface area (Å²) in [6.07, 6.45) is 3.40. The minimum atomic E-state index is -0.167. The number of anilines is 1. The van der Waals surface area contributed by atoms with Crippen molar-refractivity contribution >= 4 is 27.5 Å². The Balaban J connectivity index is 2.17. The van der Waals surface area contributed by atoms with Gasteiger partial charge in [0.25, 0.3) is 0 Å². The number of ether oxygens (including phenoxy) is 3. The summed E-state index contributed by atoms with van der Waals surface area (Å²) in [4.78, 5) is 16.2. The highest BCUT2D eigenvalue weighted by Crippen LogP contribution is 2.38. The Labute approximate surface area is 142 Å². The summed E-state index contributed by atoms with van der Waals surface area (Å²) in [6, 6.07) is 5.28. The van der Waals surface area contributed by atoms with Crippen LogP contribution in [0.4, 0.5) is 5.69 Å². The molecule has 0 bridgehead atoms. The van der Waals surface area contributed by atoms with Crippen LogP contribution in [0.3, 0.4) is 0 Å². The molecule has 122 valence electrons. The Morgan fingerprint density at radius 2 is 1.74 bits per heavy atom. The van der Waals surface area contributed by atoms with Crippen molar-refractivity contribution in [3.05, 3.63) is 40.6 Å². The molecule has 1 amide bonds. The number of methoxy groups -OCH3 is 3. The van der Waals surface area contributed by atoms with E-state index in [1.807, 2.05) is 0 Å². The first-order valence-corrected chi connectivity index (χ1v) is 7.56. The van der Waals surface area contributed by atoms with Crippen LogP contribution in [0.1, 0.15) is 5.56 Å². The van der Waals surface area contributed by atoms with Gasteiger partial charge in [-0.2, -0.15) is 0 Å². The minimum Gasteiger partial charge on any atom is -0.493 e. The van der Waals surface area contributed by atoms with E-state index >= 15 is 0 Å². The first-order chi connectivity index (χ1) is 11.1. The molecule has 2 aromatic rings. The number of hydrogen-bond acceptors (Lipinski definition) is 5. The number of aromatic nitrogens is 1. The van der Waals surface area contributed by atoms with E-state index in [-0.39, 0.29) is 12.3 Å². The van der Waals surface area contributed by atoms with Crippen molar-refractivity contribution in [2.45, 2.75) is 6.42 Å². The highest BCUT2D eigenvalue weighted by molar-refractivity contribution is 9.10. The van der Waals surface area contributed by atoms with Gasteiger partial charge in [-0.3, -0.25) is 9.78 Å². The Hall–Kier alpha value is -2.28. The van der Waals surface area contributed by atoms with Gasteiger partial charge in [-0.05, 0) is 39.7 Å². The molecule has 0 fully saturated rings. The predicted octanol–water partition coefficient (Wildman–Crippen LogP) is 3.05. The summed E-state index contributed by atoms with van der Waals surface area (Å²) in [5.41, 5.74) is 1.37. The lowest BCUT2D eigenvalue weighted by Crippen LogP contribution is -2.14. The fourth-order valence-electron chi connectivity index (χ4n) is 2.11. The van der Waals surface area contributed by atoms with Gasteiger partial charge in [-0.15, -0.1) is 0 Å². The van der Waals surface area contributed by atoms with Gasteiger partial charge in [-0.1, -0.05) is 0 Å². The van der Waals surface area contributed by atoms with Gasteiger partial charge in [0, 0.05) is 10.7 Å². The molecule has 0 saturated carbocycles. The van der Waals surface area contributed by atoms with Crippen molar-refractivity contribution in [1.29, 1.82) is 0 Å². The monoisotopic (exact) mass is 380 g/mol. The highest BCUT2D eigenvalue weighted by Gasteiger charge is 2.15. The standard InChI is InChI=1S/C16H17BrN2O4/c1-21-13-4-10(5-14(22-2)16(13)23-3)6-15(20)19-12-7-11(17)8-18-9-12/h4-5,7-9H,6H2,1-3H3,(H,19,20). The van der Waals surface area contributed by atoms with E-state index in [0.29, 0.717) is 22.9 Å². The summed E-state index contributed by atoms with van der Waals surface area (Å²) in [5.74, 6) is 1.35. The van der Waals surface area contributed by atoms with Gasteiger partial charge in [0.1, 0.15) is 0 Å². The molecule has 0 aliphatic heterocycles. The molecule has 1 aromatic heterocycles. The predicted molar refractivity (Wildman–Crippen MR) is 90.4 cm³/mol. The quantitative estimate of drug-likeness (QED) is 0.833. The zero-order valence-electron chi connectivity index (χ0n) is 13.1. The maximum Gasteiger partial charge on any atom is 0.228 e. The molecule has 6 nitrogen and oxygen atoms in total. The molecule has 1 N–H and O–H groups in total. The second kappa shape index (κ2) is 7.82. The summed E-state index contributed by atoms with van der Waals surface area (Å²) in [7, 11) is 4.61. The minimum absolute atomic E-state index is 0.167. The SMILES string of the molecule is COc1cc(CC(=O)Nc2cncc(Br)c2)cc(OC)c1OC. The van der Waals surface area contributed by atoms with Crippen LogP contribution in [0.5, 0.6) is 17.2 Å². The first-order valence-electron chi connectivity index (χ1n) is 6.76. The zero-order valence-corrected chi connectivity index (χ0v) is 14.6. The molecule has 0 saturated heterocycles. The molecule has 0 aliphatic rings. The molecular weight excluding hydrogens is 364 g/mol. The second-order valence-electron chi connectivity index (χ2n) is 4.65. The Kier molecular flexibility index (Phi) is 5.81. The van der Waals surface area contributed by atoms with Crippen LogP contribution in [-0.4, -0.2) is 32.2 Å². The lowest BCUT2D eigenvalue weighted by molar-refractivity contribution is -0.115.